The fourth-order valence-electron chi connectivity index (χ4n) is 3.20. The van der Waals surface area contributed by atoms with Crippen molar-refractivity contribution in [3.63, 3.8) is 0 Å². The number of nitriles is 1. The second-order valence-corrected chi connectivity index (χ2v) is 6.86. The van der Waals surface area contributed by atoms with Gasteiger partial charge < -0.3 is 10.5 Å². The van der Waals surface area contributed by atoms with E-state index in [1.807, 2.05) is 0 Å². The lowest BCUT2D eigenvalue weighted by Gasteiger charge is -2.23. The number of benzene rings is 2. The van der Waals surface area contributed by atoms with Crippen LogP contribution in [0.5, 0.6) is 5.75 Å². The van der Waals surface area contributed by atoms with Crippen molar-refractivity contribution in [2.24, 2.45) is 11.6 Å². The van der Waals surface area contributed by atoms with Crippen molar-refractivity contribution in [2.45, 2.75) is 6.42 Å². The molecule has 0 bridgehead atoms. The first-order valence-electron chi connectivity index (χ1n) is 8.65. The highest BCUT2D eigenvalue weighted by Gasteiger charge is 2.26. The van der Waals surface area contributed by atoms with Gasteiger partial charge in [-0.2, -0.15) is 5.26 Å². The summed E-state index contributed by atoms with van der Waals surface area (Å²) in [6.45, 7) is -0.0155. The number of ether oxygens (including phenoxy) is 1. The van der Waals surface area contributed by atoms with Crippen molar-refractivity contribution in [3.05, 3.63) is 82.4 Å². The molecule has 0 saturated carbocycles. The molecule has 4 rings (SSSR count). The Morgan fingerprint density at radius 2 is 2.10 bits per heavy atom. The van der Waals surface area contributed by atoms with Gasteiger partial charge in [0.1, 0.15) is 30.6 Å². The van der Waals surface area contributed by atoms with Crippen molar-refractivity contribution in [1.82, 2.24) is 9.55 Å². The number of hydrazine groups is 1. The highest BCUT2D eigenvalue weighted by atomic mass is 35.5. The van der Waals surface area contributed by atoms with Crippen LogP contribution in [-0.2, 0) is 6.42 Å². The Labute approximate surface area is 171 Å². The molecule has 0 unspecified atom stereocenters. The molecular formula is C20H16ClFN6O. The van der Waals surface area contributed by atoms with E-state index in [0.29, 0.717) is 33.5 Å². The third kappa shape index (κ3) is 3.49. The third-order valence-electron chi connectivity index (χ3n) is 4.62. The van der Waals surface area contributed by atoms with Gasteiger partial charge in [-0.3, -0.25) is 9.58 Å². The van der Waals surface area contributed by atoms with Crippen LogP contribution in [0, 0.1) is 17.1 Å². The van der Waals surface area contributed by atoms with E-state index >= 15 is 0 Å². The quantitative estimate of drug-likeness (QED) is 0.643. The maximum Gasteiger partial charge on any atom is 0.162 e. The second kappa shape index (κ2) is 7.47. The molecule has 0 radical (unpaired) electrons. The second-order valence-electron chi connectivity index (χ2n) is 6.42. The Morgan fingerprint density at radius 1 is 1.28 bits per heavy atom. The van der Waals surface area contributed by atoms with Gasteiger partial charge in [-0.15, -0.1) is 0 Å². The highest BCUT2D eigenvalue weighted by Crippen LogP contribution is 2.35. The zero-order valence-electron chi connectivity index (χ0n) is 15.1. The molecule has 0 amide bonds. The number of anilines is 1. The minimum Gasteiger partial charge on any atom is -0.487 e. The molecule has 0 saturated heterocycles. The first-order valence-corrected chi connectivity index (χ1v) is 9.02. The van der Waals surface area contributed by atoms with Gasteiger partial charge in [0, 0.05) is 17.5 Å². The van der Waals surface area contributed by atoms with Gasteiger partial charge >= 0.3 is 0 Å². The molecule has 7 nitrogen and oxygen atoms in total. The van der Waals surface area contributed by atoms with E-state index in [4.69, 9.17) is 27.9 Å². The van der Waals surface area contributed by atoms with Crippen LogP contribution in [0.4, 0.5) is 10.1 Å². The Kier molecular flexibility index (Phi) is 4.84. The Morgan fingerprint density at radius 3 is 2.86 bits per heavy atom. The largest absolute Gasteiger partial charge is 0.487 e. The monoisotopic (exact) mass is 410 g/mol. The topological polar surface area (TPSA) is 106 Å². The summed E-state index contributed by atoms with van der Waals surface area (Å²) < 4.78 is 20.8. The molecule has 2 aromatic carbocycles. The summed E-state index contributed by atoms with van der Waals surface area (Å²) in [5.41, 5.74) is 9.40. The van der Waals surface area contributed by atoms with Crippen LogP contribution >= 0.6 is 11.6 Å². The van der Waals surface area contributed by atoms with Crippen LogP contribution < -0.4 is 21.3 Å². The Bertz CT molecular complexity index is 1170. The summed E-state index contributed by atoms with van der Waals surface area (Å²) in [4.78, 5) is 4.17. The summed E-state index contributed by atoms with van der Waals surface area (Å²) in [6.07, 6.45) is 1.82. The molecule has 0 spiro atoms. The maximum absolute atomic E-state index is 13.4. The molecule has 29 heavy (non-hydrogen) atoms. The van der Waals surface area contributed by atoms with Crippen LogP contribution in [0.3, 0.4) is 0 Å². The highest BCUT2D eigenvalue weighted by molar-refractivity contribution is 6.31. The number of aromatic nitrogens is 2. The lowest BCUT2D eigenvalue weighted by atomic mass is 10.1. The molecule has 3 aromatic rings. The van der Waals surface area contributed by atoms with E-state index < -0.39 is 5.82 Å². The number of fused-ring (bicyclic) bond motifs is 3. The Balaban J connectivity index is 1.77. The van der Waals surface area contributed by atoms with Gasteiger partial charge in [-0.1, -0.05) is 17.7 Å². The van der Waals surface area contributed by atoms with Crippen molar-refractivity contribution in [1.29, 1.82) is 5.26 Å². The molecule has 1 aliphatic rings. The number of hydrogen-bond acceptors (Lipinski definition) is 6. The molecule has 0 aliphatic carbocycles. The predicted molar refractivity (Wildman–Crippen MR) is 107 cm³/mol. The number of allylic oxidation sites excluding steroid dienone is 1. The number of hydrogen-bond donors (Lipinski definition) is 2. The zero-order valence-corrected chi connectivity index (χ0v) is 15.9. The molecule has 4 N–H and O–H groups in total. The van der Waals surface area contributed by atoms with Gasteiger partial charge in [0.2, 0.25) is 0 Å². The van der Waals surface area contributed by atoms with E-state index in [-0.39, 0.29) is 18.7 Å². The van der Waals surface area contributed by atoms with Gasteiger partial charge in [0.15, 0.2) is 5.69 Å². The molecule has 1 aliphatic heterocycles. The number of rotatable bonds is 3. The minimum atomic E-state index is -0.408. The first kappa shape index (κ1) is 18.8. The summed E-state index contributed by atoms with van der Waals surface area (Å²) >= 11 is 6.17. The smallest absolute Gasteiger partial charge is 0.162 e. The molecule has 0 fully saturated rings. The number of halogens is 2. The van der Waals surface area contributed by atoms with E-state index in [1.165, 1.54) is 17.1 Å². The van der Waals surface area contributed by atoms with Crippen molar-refractivity contribution in [3.8, 4) is 17.5 Å². The molecule has 9 heteroatoms. The maximum atomic E-state index is 13.4. The van der Waals surface area contributed by atoms with Crippen molar-refractivity contribution < 1.29 is 9.13 Å². The molecular weight excluding hydrogens is 395 g/mol. The number of nitrogens with two attached hydrogens (primary N) is 2. The summed E-state index contributed by atoms with van der Waals surface area (Å²) in [6, 6.07) is 13.1. The summed E-state index contributed by atoms with van der Waals surface area (Å²) in [7, 11) is 0. The van der Waals surface area contributed by atoms with E-state index in [2.05, 4.69) is 11.1 Å². The zero-order chi connectivity index (χ0) is 20.5. The Hall–Kier alpha value is -3.54. The fourth-order valence-corrected chi connectivity index (χ4v) is 3.36. The standard InChI is InChI=1S/C20H16ClFN6O/c21-12-4-5-17-20(6-12)28(25)18(8-19-16(9-23)26-11-27(17)19)15(24)10-29-14-3-1-2-13(22)7-14/h1-7,11H,8,10,24-25H2/b18-15-. The SMILES string of the molecule is N#Cc1ncn2c1C/C(=C(/N)COc1cccc(F)c1)N(N)c1cc(Cl)ccc1-2. The van der Waals surface area contributed by atoms with Crippen LogP contribution in [0.15, 0.2) is 60.2 Å². The molecule has 146 valence electrons. The predicted octanol–water partition coefficient (Wildman–Crippen LogP) is 3.02. The number of nitrogens with zero attached hydrogens (tertiary/aromatic N) is 4. The average Bonchev–Trinajstić information content (AvgIpc) is 3.07. The van der Waals surface area contributed by atoms with Crippen LogP contribution in [0.1, 0.15) is 11.4 Å². The van der Waals surface area contributed by atoms with Gasteiger partial charge in [0.05, 0.1) is 28.5 Å². The molecule has 2 heterocycles. The van der Waals surface area contributed by atoms with Crippen molar-refractivity contribution >= 4 is 17.3 Å². The van der Waals surface area contributed by atoms with Crippen LogP contribution in [0.25, 0.3) is 5.69 Å². The average molecular weight is 411 g/mol. The third-order valence-corrected chi connectivity index (χ3v) is 4.85. The van der Waals surface area contributed by atoms with E-state index in [1.54, 1.807) is 41.2 Å². The van der Waals surface area contributed by atoms with Gasteiger partial charge in [-0.25, -0.2) is 15.2 Å². The molecule has 0 atom stereocenters. The number of imidazole rings is 1. The van der Waals surface area contributed by atoms with Crippen LogP contribution in [0.2, 0.25) is 5.02 Å². The fraction of sp³-hybridized carbons (Fsp3) is 0.100. The lowest BCUT2D eigenvalue weighted by molar-refractivity contribution is 0.346. The minimum absolute atomic E-state index is 0.0155. The summed E-state index contributed by atoms with van der Waals surface area (Å²) in [5.74, 6) is 6.32. The summed E-state index contributed by atoms with van der Waals surface area (Å²) in [5, 5.41) is 11.4. The molecule has 1 aromatic heterocycles. The normalized spacial score (nSPS) is 14.5. The lowest BCUT2D eigenvalue weighted by Crippen LogP contribution is -2.34. The van der Waals surface area contributed by atoms with Gasteiger partial charge in [0.25, 0.3) is 0 Å². The van der Waals surface area contributed by atoms with Gasteiger partial charge in [-0.05, 0) is 30.3 Å². The van der Waals surface area contributed by atoms with E-state index in [0.717, 1.165) is 5.69 Å². The first-order chi connectivity index (χ1) is 14.0. The van der Waals surface area contributed by atoms with E-state index in [9.17, 15) is 9.65 Å². The van der Waals surface area contributed by atoms with Crippen LogP contribution in [-0.4, -0.2) is 16.2 Å². The van der Waals surface area contributed by atoms with Crippen molar-refractivity contribution in [2.75, 3.05) is 11.6 Å².